The molecule has 1 rings (SSSR count). The third-order valence-corrected chi connectivity index (χ3v) is 3.09. The molecule has 1 aromatic heterocycles. The molecule has 1 unspecified atom stereocenters. The normalized spacial score (nSPS) is 12.4. The summed E-state index contributed by atoms with van der Waals surface area (Å²) in [4.78, 5) is 12.0. The van der Waals surface area contributed by atoms with Crippen LogP contribution in [0, 0.1) is 6.92 Å². The number of carbonyl (C=O) groups is 1. The second kappa shape index (κ2) is 7.21. The van der Waals surface area contributed by atoms with E-state index in [2.05, 4.69) is 12.2 Å². The van der Waals surface area contributed by atoms with Crippen molar-refractivity contribution in [1.29, 1.82) is 0 Å². The minimum absolute atomic E-state index is 0.0351. The first-order valence-electron chi connectivity index (χ1n) is 6.72. The predicted octanol–water partition coefficient (Wildman–Crippen LogP) is 2.40. The minimum atomic E-state index is -0.163. The Kier molecular flexibility index (Phi) is 5.92. The molecule has 0 radical (unpaired) electrons. The Bertz CT molecular complexity index is 385. The summed E-state index contributed by atoms with van der Waals surface area (Å²) in [5.74, 6) is 1.10. The Morgan fingerprint density at radius 3 is 2.72 bits per heavy atom. The molecule has 18 heavy (non-hydrogen) atoms. The Labute approximate surface area is 109 Å². The molecule has 1 aromatic rings. The van der Waals surface area contributed by atoms with E-state index in [1.54, 1.807) is 6.07 Å². The molecular weight excluding hydrogens is 228 g/mol. The monoisotopic (exact) mass is 252 g/mol. The molecule has 0 fully saturated rings. The van der Waals surface area contributed by atoms with Gasteiger partial charge >= 0.3 is 0 Å². The van der Waals surface area contributed by atoms with E-state index in [0.29, 0.717) is 12.3 Å². The summed E-state index contributed by atoms with van der Waals surface area (Å²) < 4.78 is 5.52. The number of nitrogens with one attached hydrogen (secondary N) is 1. The lowest BCUT2D eigenvalue weighted by atomic mass is 10.1. The molecule has 102 valence electrons. The molecule has 0 aliphatic rings. The molecule has 0 aromatic carbocycles. The molecule has 1 amide bonds. The summed E-state index contributed by atoms with van der Waals surface area (Å²) >= 11 is 0. The quantitative estimate of drug-likeness (QED) is 0.783. The van der Waals surface area contributed by atoms with Crippen LogP contribution in [0.15, 0.2) is 10.5 Å². The number of aryl methyl sites for hydroxylation is 2. The van der Waals surface area contributed by atoms with Gasteiger partial charge in [-0.1, -0.05) is 26.7 Å². The van der Waals surface area contributed by atoms with Crippen molar-refractivity contribution in [3.05, 3.63) is 23.2 Å². The van der Waals surface area contributed by atoms with E-state index in [0.717, 1.165) is 37.0 Å². The van der Waals surface area contributed by atoms with Gasteiger partial charge in [-0.25, -0.2) is 0 Å². The van der Waals surface area contributed by atoms with Crippen LogP contribution in [0.2, 0.25) is 0 Å². The van der Waals surface area contributed by atoms with Gasteiger partial charge in [0.2, 0.25) is 0 Å². The highest BCUT2D eigenvalue weighted by Gasteiger charge is 2.16. The van der Waals surface area contributed by atoms with Crippen molar-refractivity contribution >= 4 is 5.91 Å². The zero-order chi connectivity index (χ0) is 13.5. The van der Waals surface area contributed by atoms with Crippen molar-refractivity contribution in [1.82, 2.24) is 5.32 Å². The number of nitrogens with two attached hydrogens (primary N) is 1. The number of hydrogen-bond acceptors (Lipinski definition) is 3. The molecule has 4 nitrogen and oxygen atoms in total. The third-order valence-electron chi connectivity index (χ3n) is 3.09. The standard InChI is InChI=1S/C14H24N2O2/c1-4-6-7-11(9-15)16-14(17)13-8-10(3)12(5-2)18-13/h8,11H,4-7,9,15H2,1-3H3,(H,16,17). The molecule has 0 spiro atoms. The van der Waals surface area contributed by atoms with Crippen molar-refractivity contribution in [3.8, 4) is 0 Å². The highest BCUT2D eigenvalue weighted by molar-refractivity contribution is 5.92. The van der Waals surface area contributed by atoms with Gasteiger partial charge in [0.15, 0.2) is 5.76 Å². The van der Waals surface area contributed by atoms with E-state index in [4.69, 9.17) is 10.2 Å². The summed E-state index contributed by atoms with van der Waals surface area (Å²) in [6.45, 7) is 6.55. The number of amides is 1. The van der Waals surface area contributed by atoms with Crippen LogP contribution in [0.25, 0.3) is 0 Å². The van der Waals surface area contributed by atoms with Crippen LogP contribution in [-0.4, -0.2) is 18.5 Å². The fraction of sp³-hybridized carbons (Fsp3) is 0.643. The molecule has 0 bridgehead atoms. The maximum Gasteiger partial charge on any atom is 0.287 e. The smallest absolute Gasteiger partial charge is 0.287 e. The minimum Gasteiger partial charge on any atom is -0.456 e. The average Bonchev–Trinajstić information content (AvgIpc) is 2.75. The molecule has 1 atom stereocenters. The van der Waals surface area contributed by atoms with E-state index in [1.807, 2.05) is 13.8 Å². The Morgan fingerprint density at radius 1 is 1.50 bits per heavy atom. The van der Waals surface area contributed by atoms with Crippen LogP contribution in [0.4, 0.5) is 0 Å². The largest absolute Gasteiger partial charge is 0.456 e. The molecule has 1 heterocycles. The molecule has 0 aliphatic heterocycles. The fourth-order valence-corrected chi connectivity index (χ4v) is 1.94. The lowest BCUT2D eigenvalue weighted by Crippen LogP contribution is -2.40. The number of rotatable bonds is 7. The first kappa shape index (κ1) is 14.8. The van der Waals surface area contributed by atoms with E-state index >= 15 is 0 Å². The van der Waals surface area contributed by atoms with Crippen molar-refractivity contribution in [2.45, 2.75) is 52.5 Å². The van der Waals surface area contributed by atoms with Gasteiger partial charge in [-0.3, -0.25) is 4.79 Å². The highest BCUT2D eigenvalue weighted by Crippen LogP contribution is 2.15. The summed E-state index contributed by atoms with van der Waals surface area (Å²) in [5.41, 5.74) is 6.68. The van der Waals surface area contributed by atoms with Crippen molar-refractivity contribution in [2.75, 3.05) is 6.54 Å². The van der Waals surface area contributed by atoms with E-state index in [9.17, 15) is 4.79 Å². The summed E-state index contributed by atoms with van der Waals surface area (Å²) in [6, 6.07) is 1.83. The van der Waals surface area contributed by atoms with Crippen LogP contribution >= 0.6 is 0 Å². The predicted molar refractivity (Wildman–Crippen MR) is 72.7 cm³/mol. The van der Waals surface area contributed by atoms with Crippen LogP contribution < -0.4 is 11.1 Å². The number of unbranched alkanes of at least 4 members (excludes halogenated alkanes) is 1. The van der Waals surface area contributed by atoms with Gasteiger partial charge in [0.25, 0.3) is 5.91 Å². The fourth-order valence-electron chi connectivity index (χ4n) is 1.94. The zero-order valence-corrected chi connectivity index (χ0v) is 11.6. The summed E-state index contributed by atoms with van der Waals surface area (Å²) in [7, 11) is 0. The summed E-state index contributed by atoms with van der Waals surface area (Å²) in [5, 5.41) is 2.92. The Balaban J connectivity index is 2.62. The first-order chi connectivity index (χ1) is 8.62. The molecule has 0 aliphatic carbocycles. The van der Waals surface area contributed by atoms with Crippen LogP contribution in [0.5, 0.6) is 0 Å². The van der Waals surface area contributed by atoms with Gasteiger partial charge in [-0.2, -0.15) is 0 Å². The maximum atomic E-state index is 12.0. The van der Waals surface area contributed by atoms with Gasteiger partial charge < -0.3 is 15.5 Å². The first-order valence-corrected chi connectivity index (χ1v) is 6.72. The number of furan rings is 1. The maximum absolute atomic E-state index is 12.0. The second-order valence-corrected chi connectivity index (χ2v) is 4.62. The zero-order valence-electron chi connectivity index (χ0n) is 11.6. The Morgan fingerprint density at radius 2 is 2.22 bits per heavy atom. The van der Waals surface area contributed by atoms with Gasteiger partial charge in [0, 0.05) is 19.0 Å². The second-order valence-electron chi connectivity index (χ2n) is 4.62. The van der Waals surface area contributed by atoms with Crippen molar-refractivity contribution in [2.24, 2.45) is 5.73 Å². The number of carbonyl (C=O) groups excluding carboxylic acids is 1. The van der Waals surface area contributed by atoms with Crippen molar-refractivity contribution < 1.29 is 9.21 Å². The number of hydrogen-bond donors (Lipinski definition) is 2. The molecule has 4 heteroatoms. The van der Waals surface area contributed by atoms with Gasteiger partial charge in [0.1, 0.15) is 5.76 Å². The SMILES string of the molecule is CCCCC(CN)NC(=O)c1cc(C)c(CC)o1. The average molecular weight is 252 g/mol. The van der Waals surface area contributed by atoms with E-state index < -0.39 is 0 Å². The lowest BCUT2D eigenvalue weighted by Gasteiger charge is -2.15. The lowest BCUT2D eigenvalue weighted by molar-refractivity contribution is 0.0906. The summed E-state index contributed by atoms with van der Waals surface area (Å²) in [6.07, 6.45) is 3.89. The Hall–Kier alpha value is -1.29. The van der Waals surface area contributed by atoms with E-state index in [1.165, 1.54) is 0 Å². The molecule has 3 N–H and O–H groups in total. The van der Waals surface area contributed by atoms with Crippen molar-refractivity contribution in [3.63, 3.8) is 0 Å². The highest BCUT2D eigenvalue weighted by atomic mass is 16.4. The van der Waals surface area contributed by atoms with Crippen LogP contribution in [-0.2, 0) is 6.42 Å². The molecule has 0 saturated carbocycles. The molecular formula is C14H24N2O2. The van der Waals surface area contributed by atoms with Gasteiger partial charge in [0.05, 0.1) is 0 Å². The molecule has 0 saturated heterocycles. The van der Waals surface area contributed by atoms with Gasteiger partial charge in [-0.05, 0) is 25.0 Å². The van der Waals surface area contributed by atoms with Crippen LogP contribution in [0.1, 0.15) is 55.0 Å². The van der Waals surface area contributed by atoms with Crippen LogP contribution in [0.3, 0.4) is 0 Å². The van der Waals surface area contributed by atoms with E-state index in [-0.39, 0.29) is 11.9 Å². The third kappa shape index (κ3) is 3.88. The topological polar surface area (TPSA) is 68.3 Å². The van der Waals surface area contributed by atoms with Gasteiger partial charge in [-0.15, -0.1) is 0 Å².